The maximum atomic E-state index is 2.41. The van der Waals surface area contributed by atoms with Crippen LogP contribution in [0.4, 0.5) is 17.1 Å². The molecule has 0 saturated heterocycles. The minimum Gasteiger partial charge on any atom is -0.310 e. The van der Waals surface area contributed by atoms with Crippen LogP contribution in [0.1, 0.15) is 0 Å². The van der Waals surface area contributed by atoms with Crippen molar-refractivity contribution in [3.63, 3.8) is 0 Å². The zero-order valence-corrected chi connectivity index (χ0v) is 30.0. The van der Waals surface area contributed by atoms with Crippen molar-refractivity contribution in [2.45, 2.75) is 0 Å². The molecule has 11 rings (SSSR count). The Bertz CT molecular complexity index is 3170. The van der Waals surface area contributed by atoms with Crippen LogP contribution in [0.25, 0.3) is 76.9 Å². The van der Waals surface area contributed by atoms with Crippen LogP contribution >= 0.6 is 0 Å². The van der Waals surface area contributed by atoms with E-state index in [4.69, 9.17) is 0 Å². The summed E-state index contributed by atoms with van der Waals surface area (Å²) in [5.41, 5.74) is 12.7. The minimum absolute atomic E-state index is 1.09. The summed E-state index contributed by atoms with van der Waals surface area (Å²) in [6.45, 7) is 0. The molecule has 258 valence electrons. The Morgan fingerprint density at radius 2 is 0.800 bits per heavy atom. The lowest BCUT2D eigenvalue weighted by Crippen LogP contribution is -2.10. The van der Waals surface area contributed by atoms with Crippen molar-refractivity contribution in [1.82, 2.24) is 9.13 Å². The van der Waals surface area contributed by atoms with Crippen molar-refractivity contribution in [2.75, 3.05) is 4.90 Å². The maximum absolute atomic E-state index is 2.41. The summed E-state index contributed by atoms with van der Waals surface area (Å²) in [5, 5.41) is 7.57. The number of rotatable bonds is 6. The number of anilines is 3. The summed E-state index contributed by atoms with van der Waals surface area (Å²) in [6, 6.07) is 76.9. The highest BCUT2D eigenvalue weighted by molar-refractivity contribution is 6.21. The first-order valence-electron chi connectivity index (χ1n) is 18.9. The molecule has 0 unspecified atom stereocenters. The summed E-state index contributed by atoms with van der Waals surface area (Å²) < 4.78 is 4.80. The zero-order valence-electron chi connectivity index (χ0n) is 30.0. The van der Waals surface area contributed by atoms with Crippen LogP contribution in [0, 0.1) is 0 Å². The van der Waals surface area contributed by atoms with E-state index >= 15 is 0 Å². The molecule has 0 aliphatic carbocycles. The van der Waals surface area contributed by atoms with Gasteiger partial charge < -0.3 is 14.0 Å². The molecule has 0 N–H and O–H groups in total. The van der Waals surface area contributed by atoms with Gasteiger partial charge in [-0.25, -0.2) is 0 Å². The third-order valence-electron chi connectivity index (χ3n) is 11.1. The van der Waals surface area contributed by atoms with E-state index in [0.29, 0.717) is 0 Å². The van der Waals surface area contributed by atoms with Gasteiger partial charge in [0.15, 0.2) is 0 Å². The molecule has 2 heterocycles. The topological polar surface area (TPSA) is 13.1 Å². The second kappa shape index (κ2) is 12.6. The third kappa shape index (κ3) is 5.05. The number of aromatic nitrogens is 2. The number of fused-ring (bicyclic) bond motifs is 8. The van der Waals surface area contributed by atoms with E-state index in [1.165, 1.54) is 65.5 Å². The van der Waals surface area contributed by atoms with Crippen LogP contribution in [0.15, 0.2) is 212 Å². The monoisotopic (exact) mass is 701 g/mol. The molecule has 2 aromatic heterocycles. The van der Waals surface area contributed by atoms with Crippen LogP contribution in [0.5, 0.6) is 0 Å². The van der Waals surface area contributed by atoms with Gasteiger partial charge >= 0.3 is 0 Å². The fourth-order valence-corrected chi connectivity index (χ4v) is 8.60. The maximum Gasteiger partial charge on any atom is 0.0561 e. The highest BCUT2D eigenvalue weighted by Gasteiger charge is 2.19. The number of nitrogens with zero attached hydrogens (tertiary/aromatic N) is 3. The average Bonchev–Trinajstić information content (AvgIpc) is 3.78. The molecule has 11 aromatic rings. The number of para-hydroxylation sites is 3. The van der Waals surface area contributed by atoms with Crippen molar-refractivity contribution in [2.24, 2.45) is 0 Å². The van der Waals surface area contributed by atoms with Gasteiger partial charge in [0.25, 0.3) is 0 Å². The van der Waals surface area contributed by atoms with Crippen LogP contribution < -0.4 is 4.90 Å². The summed E-state index contributed by atoms with van der Waals surface area (Å²) in [7, 11) is 0. The largest absolute Gasteiger partial charge is 0.310 e. The third-order valence-corrected chi connectivity index (χ3v) is 11.1. The fraction of sp³-hybridized carbons (Fsp3) is 0. The molecule has 0 spiro atoms. The quantitative estimate of drug-likeness (QED) is 0.168. The molecule has 55 heavy (non-hydrogen) atoms. The fourth-order valence-electron chi connectivity index (χ4n) is 8.60. The Hall–Kier alpha value is -7.36. The van der Waals surface area contributed by atoms with Gasteiger partial charge in [0.1, 0.15) is 0 Å². The van der Waals surface area contributed by atoms with Crippen LogP contribution in [-0.4, -0.2) is 9.13 Å². The molecule has 0 amide bonds. The summed E-state index contributed by atoms with van der Waals surface area (Å²) in [6.07, 6.45) is 0. The summed E-state index contributed by atoms with van der Waals surface area (Å²) in [5.74, 6) is 0. The molecule has 0 atom stereocenters. The number of benzene rings is 9. The van der Waals surface area contributed by atoms with Gasteiger partial charge in [-0.05, 0) is 101 Å². The lowest BCUT2D eigenvalue weighted by atomic mass is 10.0. The molecule has 0 radical (unpaired) electrons. The normalized spacial score (nSPS) is 11.6. The van der Waals surface area contributed by atoms with Crippen molar-refractivity contribution in [3.8, 4) is 22.5 Å². The predicted octanol–water partition coefficient (Wildman–Crippen LogP) is 14.2. The highest BCUT2D eigenvalue weighted by Crippen LogP contribution is 2.42. The minimum atomic E-state index is 1.09. The molecule has 3 heteroatoms. The van der Waals surface area contributed by atoms with Gasteiger partial charge in [-0.3, -0.25) is 0 Å². The molecule has 0 fully saturated rings. The van der Waals surface area contributed by atoms with Gasteiger partial charge in [-0.15, -0.1) is 0 Å². The lowest BCUT2D eigenvalue weighted by molar-refractivity contribution is 1.17. The standard InChI is InChI=1S/C52H35N3/c1-3-13-36(14-4-1)37-23-26-40(27-24-37)53(43-32-33-46-45-19-9-11-21-48(45)55(51(46)35-43)39-16-5-2-6-17-39)41-28-30-42(31-29-41)54-49-22-12-10-20-47(49)52-44-18-8-7-15-38(44)25-34-50(52)54/h1-35H. The first-order chi connectivity index (χ1) is 27.3. The lowest BCUT2D eigenvalue weighted by Gasteiger charge is -2.26. The van der Waals surface area contributed by atoms with Crippen molar-refractivity contribution in [1.29, 1.82) is 0 Å². The Balaban J connectivity index is 1.09. The van der Waals surface area contributed by atoms with Gasteiger partial charge in [0.2, 0.25) is 0 Å². The molecular formula is C52H35N3. The van der Waals surface area contributed by atoms with E-state index < -0.39 is 0 Å². The molecule has 0 aliphatic rings. The van der Waals surface area contributed by atoms with Crippen LogP contribution in [-0.2, 0) is 0 Å². The molecule has 0 saturated carbocycles. The second-order valence-corrected chi connectivity index (χ2v) is 14.2. The van der Waals surface area contributed by atoms with Crippen LogP contribution in [0.2, 0.25) is 0 Å². The van der Waals surface area contributed by atoms with E-state index in [2.05, 4.69) is 226 Å². The number of hydrogen-bond acceptors (Lipinski definition) is 1. The van der Waals surface area contributed by atoms with Gasteiger partial charge in [0.05, 0.1) is 22.1 Å². The first kappa shape index (κ1) is 31.2. The molecule has 3 nitrogen and oxygen atoms in total. The Morgan fingerprint density at radius 1 is 0.291 bits per heavy atom. The summed E-state index contributed by atoms with van der Waals surface area (Å²) in [4.78, 5) is 2.38. The van der Waals surface area contributed by atoms with Gasteiger partial charge in [0, 0.05) is 50.0 Å². The molecule has 0 aliphatic heterocycles. The van der Waals surface area contributed by atoms with E-state index in [0.717, 1.165) is 28.4 Å². The zero-order chi connectivity index (χ0) is 36.3. The highest BCUT2D eigenvalue weighted by atomic mass is 15.1. The van der Waals surface area contributed by atoms with Crippen molar-refractivity contribution >= 4 is 71.4 Å². The van der Waals surface area contributed by atoms with Crippen LogP contribution in [0.3, 0.4) is 0 Å². The second-order valence-electron chi connectivity index (χ2n) is 14.2. The SMILES string of the molecule is c1ccc(-c2ccc(N(c3ccc(-n4c5ccccc5c5c6ccccc6ccc54)cc3)c3ccc4c5ccccc5n(-c5ccccc5)c4c3)cc2)cc1. The first-order valence-corrected chi connectivity index (χ1v) is 18.9. The van der Waals surface area contributed by atoms with E-state index in [-0.39, 0.29) is 0 Å². The van der Waals surface area contributed by atoms with Crippen molar-refractivity contribution < 1.29 is 0 Å². The van der Waals surface area contributed by atoms with Crippen molar-refractivity contribution in [3.05, 3.63) is 212 Å². The van der Waals surface area contributed by atoms with E-state index in [9.17, 15) is 0 Å². The average molecular weight is 702 g/mol. The molecular weight excluding hydrogens is 667 g/mol. The van der Waals surface area contributed by atoms with Gasteiger partial charge in [-0.2, -0.15) is 0 Å². The van der Waals surface area contributed by atoms with E-state index in [1.54, 1.807) is 0 Å². The predicted molar refractivity (Wildman–Crippen MR) is 233 cm³/mol. The smallest absolute Gasteiger partial charge is 0.0561 e. The van der Waals surface area contributed by atoms with Gasteiger partial charge in [-0.1, -0.05) is 133 Å². The summed E-state index contributed by atoms with van der Waals surface area (Å²) >= 11 is 0. The molecule has 0 bridgehead atoms. The Labute approximate surface area is 319 Å². The number of hydrogen-bond donors (Lipinski definition) is 0. The Kier molecular flexibility index (Phi) is 7.17. The molecule has 9 aromatic carbocycles. The Morgan fingerprint density at radius 3 is 1.55 bits per heavy atom. The van der Waals surface area contributed by atoms with E-state index in [1.807, 2.05) is 0 Å².